The van der Waals surface area contributed by atoms with Crippen LogP contribution in [0.3, 0.4) is 0 Å². The summed E-state index contributed by atoms with van der Waals surface area (Å²) in [5.74, 6) is -0.263. The van der Waals surface area contributed by atoms with Gasteiger partial charge in [0.25, 0.3) is 0 Å². The number of hydrogen-bond acceptors (Lipinski definition) is 2. The Morgan fingerprint density at radius 3 is 2.35 bits per heavy atom. The third kappa shape index (κ3) is 2.65. The number of hydrogen-bond donors (Lipinski definition) is 0. The van der Waals surface area contributed by atoms with Crippen LogP contribution < -0.4 is 0 Å². The highest BCUT2D eigenvalue weighted by atomic mass is 35.5. The molecule has 2 heterocycles. The van der Waals surface area contributed by atoms with E-state index in [1.54, 1.807) is 28.8 Å². The molecule has 0 aliphatic carbocycles. The van der Waals surface area contributed by atoms with Crippen molar-refractivity contribution in [1.29, 1.82) is 0 Å². The number of aromatic nitrogens is 3. The molecule has 0 N–H and O–H groups in total. The number of rotatable bonds is 1. The first-order valence-corrected chi connectivity index (χ1v) is 6.81. The first kappa shape index (κ1) is 14.5. The SMILES string of the molecule is CC.Cc1c(-c2ccc(F)cc2)nc2ccc(Cl)nn12. The van der Waals surface area contributed by atoms with Crippen LogP contribution in [0.15, 0.2) is 36.4 Å². The molecule has 0 amide bonds. The van der Waals surface area contributed by atoms with Crippen LogP contribution in [0, 0.1) is 12.7 Å². The van der Waals surface area contributed by atoms with Crippen molar-refractivity contribution in [2.24, 2.45) is 0 Å². The monoisotopic (exact) mass is 291 g/mol. The Bertz CT molecular complexity index is 720. The van der Waals surface area contributed by atoms with E-state index in [1.165, 1.54) is 12.1 Å². The van der Waals surface area contributed by atoms with Crippen LogP contribution in [0.1, 0.15) is 19.5 Å². The lowest BCUT2D eigenvalue weighted by atomic mass is 10.1. The Balaban J connectivity index is 0.000000704. The van der Waals surface area contributed by atoms with Gasteiger partial charge in [-0.3, -0.25) is 0 Å². The molecule has 0 saturated carbocycles. The first-order valence-electron chi connectivity index (χ1n) is 6.43. The molecule has 3 rings (SSSR count). The molecule has 20 heavy (non-hydrogen) atoms. The summed E-state index contributed by atoms with van der Waals surface area (Å²) in [6, 6.07) is 9.73. The number of imidazole rings is 1. The largest absolute Gasteiger partial charge is 0.227 e. The van der Waals surface area contributed by atoms with Gasteiger partial charge in [0.1, 0.15) is 11.0 Å². The minimum absolute atomic E-state index is 0.263. The Hall–Kier alpha value is -1.94. The summed E-state index contributed by atoms with van der Waals surface area (Å²) in [4.78, 5) is 4.47. The van der Waals surface area contributed by atoms with Gasteiger partial charge in [-0.1, -0.05) is 25.4 Å². The van der Waals surface area contributed by atoms with E-state index in [4.69, 9.17) is 11.6 Å². The molecular weight excluding hydrogens is 277 g/mol. The fourth-order valence-corrected chi connectivity index (χ4v) is 2.04. The van der Waals surface area contributed by atoms with Crippen molar-refractivity contribution in [2.45, 2.75) is 20.8 Å². The molecule has 104 valence electrons. The fourth-order valence-electron chi connectivity index (χ4n) is 1.90. The Labute approximate surface area is 122 Å². The molecule has 2 aromatic heterocycles. The van der Waals surface area contributed by atoms with Gasteiger partial charge in [-0.15, -0.1) is 0 Å². The van der Waals surface area contributed by atoms with Crippen molar-refractivity contribution in [3.05, 3.63) is 53.1 Å². The van der Waals surface area contributed by atoms with E-state index in [-0.39, 0.29) is 5.82 Å². The number of benzene rings is 1. The lowest BCUT2D eigenvalue weighted by Gasteiger charge is -1.98. The zero-order valence-corrected chi connectivity index (χ0v) is 12.3. The van der Waals surface area contributed by atoms with E-state index in [2.05, 4.69) is 10.1 Å². The van der Waals surface area contributed by atoms with Gasteiger partial charge >= 0.3 is 0 Å². The molecular formula is C15H15ClFN3. The molecule has 5 heteroatoms. The summed E-state index contributed by atoms with van der Waals surface area (Å²) in [5, 5.41) is 4.60. The normalized spacial score (nSPS) is 10.2. The van der Waals surface area contributed by atoms with Crippen LogP contribution in [0.2, 0.25) is 5.15 Å². The van der Waals surface area contributed by atoms with Crippen molar-refractivity contribution < 1.29 is 4.39 Å². The average Bonchev–Trinajstić information content (AvgIpc) is 2.79. The molecule has 0 atom stereocenters. The molecule has 0 unspecified atom stereocenters. The summed E-state index contributed by atoms with van der Waals surface area (Å²) in [5.41, 5.74) is 3.23. The molecule has 1 aromatic carbocycles. The lowest BCUT2D eigenvalue weighted by Crippen LogP contribution is -1.93. The number of halogens is 2. The fraction of sp³-hybridized carbons (Fsp3) is 0.200. The molecule has 0 spiro atoms. The summed E-state index contributed by atoms with van der Waals surface area (Å²) >= 11 is 5.86. The molecule has 0 aliphatic heterocycles. The number of aryl methyl sites for hydroxylation is 1. The molecule has 3 nitrogen and oxygen atoms in total. The van der Waals surface area contributed by atoms with Crippen molar-refractivity contribution in [1.82, 2.24) is 14.6 Å². The van der Waals surface area contributed by atoms with Gasteiger partial charge < -0.3 is 0 Å². The van der Waals surface area contributed by atoms with Crippen LogP contribution in [0.25, 0.3) is 16.9 Å². The van der Waals surface area contributed by atoms with Gasteiger partial charge in [-0.05, 0) is 43.3 Å². The Morgan fingerprint density at radius 2 is 1.70 bits per heavy atom. The standard InChI is InChI=1S/C13H9ClFN3.C2H6/c1-8-13(9-2-4-10(15)5-3-9)16-12-7-6-11(14)17-18(8)12;1-2/h2-7H,1H3;1-2H3. The second kappa shape index (κ2) is 6.01. The van der Waals surface area contributed by atoms with Gasteiger partial charge in [0.05, 0.1) is 11.4 Å². The smallest absolute Gasteiger partial charge is 0.154 e. The number of fused-ring (bicyclic) bond motifs is 1. The third-order valence-electron chi connectivity index (χ3n) is 2.79. The Kier molecular flexibility index (Phi) is 4.35. The summed E-state index contributed by atoms with van der Waals surface area (Å²) in [7, 11) is 0. The molecule has 0 bridgehead atoms. The van der Waals surface area contributed by atoms with E-state index < -0.39 is 0 Å². The van der Waals surface area contributed by atoms with Crippen molar-refractivity contribution in [2.75, 3.05) is 0 Å². The number of nitrogens with zero attached hydrogens (tertiary/aromatic N) is 3. The molecule has 0 saturated heterocycles. The second-order valence-electron chi connectivity index (χ2n) is 3.98. The van der Waals surface area contributed by atoms with Gasteiger partial charge in [0.15, 0.2) is 5.65 Å². The lowest BCUT2D eigenvalue weighted by molar-refractivity contribution is 0.628. The predicted octanol–water partition coefficient (Wildman–Crippen LogP) is 4.52. The average molecular weight is 292 g/mol. The van der Waals surface area contributed by atoms with Crippen LogP contribution >= 0.6 is 11.6 Å². The zero-order chi connectivity index (χ0) is 14.7. The highest BCUT2D eigenvalue weighted by Gasteiger charge is 2.11. The third-order valence-corrected chi connectivity index (χ3v) is 2.99. The molecule has 0 radical (unpaired) electrons. The topological polar surface area (TPSA) is 30.2 Å². The minimum atomic E-state index is -0.263. The predicted molar refractivity (Wildman–Crippen MR) is 79.5 cm³/mol. The summed E-state index contributed by atoms with van der Waals surface area (Å²) < 4.78 is 14.6. The van der Waals surface area contributed by atoms with E-state index in [9.17, 15) is 4.39 Å². The maximum absolute atomic E-state index is 12.9. The maximum Gasteiger partial charge on any atom is 0.154 e. The van der Waals surface area contributed by atoms with Gasteiger partial charge in [-0.2, -0.15) is 5.10 Å². The van der Waals surface area contributed by atoms with E-state index >= 15 is 0 Å². The second-order valence-corrected chi connectivity index (χ2v) is 4.37. The van der Waals surface area contributed by atoms with Gasteiger partial charge in [-0.25, -0.2) is 13.9 Å². The van der Waals surface area contributed by atoms with Gasteiger partial charge in [0, 0.05) is 5.56 Å². The zero-order valence-electron chi connectivity index (χ0n) is 11.6. The quantitative estimate of drug-likeness (QED) is 0.660. The summed E-state index contributed by atoms with van der Waals surface area (Å²) in [6.07, 6.45) is 0. The van der Waals surface area contributed by atoms with Crippen LogP contribution in [-0.4, -0.2) is 14.6 Å². The molecule has 3 aromatic rings. The van der Waals surface area contributed by atoms with Crippen molar-refractivity contribution >= 4 is 17.2 Å². The summed E-state index contributed by atoms with van der Waals surface area (Å²) in [6.45, 7) is 5.90. The van der Waals surface area contributed by atoms with E-state index in [0.29, 0.717) is 5.15 Å². The molecule has 0 aliphatic rings. The van der Waals surface area contributed by atoms with Crippen LogP contribution in [0.4, 0.5) is 4.39 Å². The first-order chi connectivity index (χ1) is 9.65. The van der Waals surface area contributed by atoms with Crippen LogP contribution in [-0.2, 0) is 0 Å². The van der Waals surface area contributed by atoms with E-state index in [0.717, 1.165) is 22.6 Å². The van der Waals surface area contributed by atoms with Gasteiger partial charge in [0.2, 0.25) is 0 Å². The van der Waals surface area contributed by atoms with Crippen molar-refractivity contribution in [3.8, 4) is 11.3 Å². The minimum Gasteiger partial charge on any atom is -0.227 e. The highest BCUT2D eigenvalue weighted by molar-refractivity contribution is 6.29. The van der Waals surface area contributed by atoms with E-state index in [1.807, 2.05) is 20.8 Å². The Morgan fingerprint density at radius 1 is 1.05 bits per heavy atom. The molecule has 0 fully saturated rings. The van der Waals surface area contributed by atoms with Crippen molar-refractivity contribution in [3.63, 3.8) is 0 Å². The highest BCUT2D eigenvalue weighted by Crippen LogP contribution is 2.23. The maximum atomic E-state index is 12.9. The van der Waals surface area contributed by atoms with Crippen LogP contribution in [0.5, 0.6) is 0 Å².